The summed E-state index contributed by atoms with van der Waals surface area (Å²) in [6, 6.07) is 13.4. The first kappa shape index (κ1) is 20.9. The Labute approximate surface area is 171 Å². The Morgan fingerprint density at radius 1 is 1.07 bits per heavy atom. The maximum Gasteiger partial charge on any atom is 0.274 e. The van der Waals surface area contributed by atoms with Gasteiger partial charge in [0.1, 0.15) is 22.4 Å². The van der Waals surface area contributed by atoms with Crippen molar-refractivity contribution in [1.29, 1.82) is 0 Å². The van der Waals surface area contributed by atoms with Gasteiger partial charge in [-0.15, -0.1) is 11.3 Å². The molecule has 0 saturated carbocycles. The summed E-state index contributed by atoms with van der Waals surface area (Å²) in [5.74, 6) is -1.78. The molecule has 5 nitrogen and oxygen atoms in total. The average Bonchev–Trinajstić information content (AvgIpc) is 3.23. The molecular formula is C20H18F2N2O3S2. The van der Waals surface area contributed by atoms with E-state index in [9.17, 15) is 22.0 Å². The minimum Gasteiger partial charge on any atom is -0.348 e. The van der Waals surface area contributed by atoms with E-state index in [0.29, 0.717) is 5.56 Å². The van der Waals surface area contributed by atoms with Gasteiger partial charge in [0, 0.05) is 0 Å². The van der Waals surface area contributed by atoms with Gasteiger partial charge in [0.05, 0.1) is 11.7 Å². The molecule has 0 bridgehead atoms. The molecule has 0 fully saturated rings. The van der Waals surface area contributed by atoms with E-state index in [-0.39, 0.29) is 9.90 Å². The predicted molar refractivity (Wildman–Crippen MR) is 108 cm³/mol. The van der Waals surface area contributed by atoms with Crippen LogP contribution < -0.4 is 9.62 Å². The molecule has 1 amide bonds. The quantitative estimate of drug-likeness (QED) is 0.607. The molecule has 2 aromatic carbocycles. The third-order valence-electron chi connectivity index (χ3n) is 4.20. The van der Waals surface area contributed by atoms with Crippen LogP contribution in [0.15, 0.2) is 70.3 Å². The SMILES string of the molecule is C[C@H](NC(=O)CN(c1ccccc1F)S(=O)(=O)c1cccs1)c1ccc(F)cc1. The number of hydrogen-bond acceptors (Lipinski definition) is 4. The molecule has 1 atom stereocenters. The van der Waals surface area contributed by atoms with E-state index in [1.807, 2.05) is 0 Å². The second-order valence-corrected chi connectivity index (χ2v) is 9.27. The van der Waals surface area contributed by atoms with Crippen molar-refractivity contribution in [3.63, 3.8) is 0 Å². The van der Waals surface area contributed by atoms with Crippen molar-refractivity contribution in [2.45, 2.75) is 17.2 Å². The molecule has 0 saturated heterocycles. The Bertz CT molecular complexity index is 1090. The number of anilines is 1. The lowest BCUT2D eigenvalue weighted by Gasteiger charge is -2.24. The second-order valence-electron chi connectivity index (χ2n) is 6.24. The number of thiophene rings is 1. The zero-order chi connectivity index (χ0) is 21.0. The number of carbonyl (C=O) groups excluding carboxylic acids is 1. The number of nitrogens with zero attached hydrogens (tertiary/aromatic N) is 1. The van der Waals surface area contributed by atoms with Crippen LogP contribution in [-0.4, -0.2) is 20.9 Å². The summed E-state index contributed by atoms with van der Waals surface area (Å²) in [5, 5.41) is 4.25. The molecule has 0 unspecified atom stereocenters. The summed E-state index contributed by atoms with van der Waals surface area (Å²) in [5.41, 5.74) is 0.434. The zero-order valence-electron chi connectivity index (χ0n) is 15.4. The van der Waals surface area contributed by atoms with Crippen LogP contribution in [0.2, 0.25) is 0 Å². The summed E-state index contributed by atoms with van der Waals surface area (Å²) >= 11 is 0.979. The normalized spacial score (nSPS) is 12.4. The largest absolute Gasteiger partial charge is 0.348 e. The predicted octanol–water partition coefficient (Wildman–Crippen LogP) is 4.10. The number of halogens is 2. The van der Waals surface area contributed by atoms with E-state index in [2.05, 4.69) is 5.32 Å². The lowest BCUT2D eigenvalue weighted by molar-refractivity contribution is -0.120. The van der Waals surface area contributed by atoms with Crippen molar-refractivity contribution in [3.8, 4) is 0 Å². The van der Waals surface area contributed by atoms with Crippen molar-refractivity contribution < 1.29 is 22.0 Å². The summed E-state index contributed by atoms with van der Waals surface area (Å²) in [6.07, 6.45) is 0. The number of amides is 1. The summed E-state index contributed by atoms with van der Waals surface area (Å²) < 4.78 is 54.2. The molecule has 1 heterocycles. The molecule has 29 heavy (non-hydrogen) atoms. The van der Waals surface area contributed by atoms with Crippen LogP contribution in [0.1, 0.15) is 18.5 Å². The Morgan fingerprint density at radius 3 is 2.38 bits per heavy atom. The molecule has 1 aromatic heterocycles. The molecule has 0 aliphatic carbocycles. The number of rotatable bonds is 7. The lowest BCUT2D eigenvalue weighted by atomic mass is 10.1. The molecular weight excluding hydrogens is 418 g/mol. The maximum atomic E-state index is 14.4. The van der Waals surface area contributed by atoms with Crippen LogP contribution in [0, 0.1) is 11.6 Å². The van der Waals surface area contributed by atoms with Gasteiger partial charge in [-0.3, -0.25) is 9.10 Å². The first-order valence-electron chi connectivity index (χ1n) is 8.64. The van der Waals surface area contributed by atoms with E-state index in [0.717, 1.165) is 21.7 Å². The monoisotopic (exact) mass is 436 g/mol. The molecule has 0 radical (unpaired) electrons. The smallest absolute Gasteiger partial charge is 0.274 e. The first-order valence-corrected chi connectivity index (χ1v) is 11.0. The molecule has 0 spiro atoms. The minimum absolute atomic E-state index is 0.000126. The highest BCUT2D eigenvalue weighted by atomic mass is 32.2. The standard InChI is InChI=1S/C20H18F2N2O3S2/c1-14(15-8-10-16(21)11-9-15)23-19(25)13-24(18-6-3-2-5-17(18)22)29(26,27)20-7-4-12-28-20/h2-12,14H,13H2,1H3,(H,23,25)/t14-/m0/s1. The Morgan fingerprint density at radius 2 is 1.76 bits per heavy atom. The van der Waals surface area contributed by atoms with Crippen molar-refractivity contribution in [1.82, 2.24) is 5.32 Å². The van der Waals surface area contributed by atoms with Gasteiger partial charge >= 0.3 is 0 Å². The molecule has 0 aliphatic heterocycles. The number of benzene rings is 2. The molecule has 9 heteroatoms. The number of nitrogens with one attached hydrogen (secondary N) is 1. The van der Waals surface area contributed by atoms with Gasteiger partial charge in [0.15, 0.2) is 0 Å². The number of sulfonamides is 1. The zero-order valence-corrected chi connectivity index (χ0v) is 17.0. The molecule has 1 N–H and O–H groups in total. The van der Waals surface area contributed by atoms with Gasteiger partial charge in [0.2, 0.25) is 5.91 Å². The third kappa shape index (κ3) is 4.80. The van der Waals surface area contributed by atoms with Crippen molar-refractivity contribution >= 4 is 33.0 Å². The minimum atomic E-state index is -4.13. The van der Waals surface area contributed by atoms with E-state index >= 15 is 0 Å². The Balaban J connectivity index is 1.86. The lowest BCUT2D eigenvalue weighted by Crippen LogP contribution is -2.41. The Kier molecular flexibility index (Phi) is 6.29. The van der Waals surface area contributed by atoms with Gasteiger partial charge in [-0.1, -0.05) is 30.3 Å². The molecule has 3 rings (SSSR count). The van der Waals surface area contributed by atoms with E-state index in [4.69, 9.17) is 0 Å². The van der Waals surface area contributed by atoms with Gasteiger partial charge < -0.3 is 5.32 Å². The van der Waals surface area contributed by atoms with Crippen molar-refractivity contribution in [3.05, 3.63) is 83.2 Å². The fourth-order valence-corrected chi connectivity index (χ4v) is 5.26. The van der Waals surface area contributed by atoms with E-state index in [1.165, 1.54) is 48.5 Å². The van der Waals surface area contributed by atoms with Gasteiger partial charge in [-0.05, 0) is 48.2 Å². The fourth-order valence-electron chi connectivity index (χ4n) is 2.72. The average molecular weight is 437 g/mol. The van der Waals surface area contributed by atoms with Crippen molar-refractivity contribution in [2.24, 2.45) is 0 Å². The van der Waals surface area contributed by atoms with Gasteiger partial charge in [0.25, 0.3) is 10.0 Å². The Hall–Kier alpha value is -2.78. The highest BCUT2D eigenvalue weighted by Gasteiger charge is 2.30. The van der Waals surface area contributed by atoms with Crippen LogP contribution in [0.3, 0.4) is 0 Å². The third-order valence-corrected chi connectivity index (χ3v) is 7.33. The maximum absolute atomic E-state index is 14.4. The topological polar surface area (TPSA) is 66.5 Å². The number of para-hydroxylation sites is 1. The molecule has 3 aromatic rings. The second kappa shape index (κ2) is 8.71. The van der Waals surface area contributed by atoms with Crippen LogP contribution in [0.25, 0.3) is 0 Å². The van der Waals surface area contributed by atoms with E-state index in [1.54, 1.807) is 18.4 Å². The summed E-state index contributed by atoms with van der Waals surface area (Å²) in [7, 11) is -4.13. The van der Waals surface area contributed by atoms with Crippen LogP contribution in [0.5, 0.6) is 0 Å². The summed E-state index contributed by atoms with van der Waals surface area (Å²) in [4.78, 5) is 12.6. The highest BCUT2D eigenvalue weighted by molar-refractivity contribution is 7.94. The van der Waals surface area contributed by atoms with Gasteiger partial charge in [-0.2, -0.15) is 0 Å². The van der Waals surface area contributed by atoms with Gasteiger partial charge in [-0.25, -0.2) is 17.2 Å². The van der Waals surface area contributed by atoms with E-state index < -0.39 is 40.2 Å². The van der Waals surface area contributed by atoms with Crippen molar-refractivity contribution in [2.75, 3.05) is 10.8 Å². The summed E-state index contributed by atoms with van der Waals surface area (Å²) in [6.45, 7) is 1.08. The van der Waals surface area contributed by atoms with Crippen LogP contribution >= 0.6 is 11.3 Å². The number of hydrogen-bond donors (Lipinski definition) is 1. The highest BCUT2D eigenvalue weighted by Crippen LogP contribution is 2.28. The van der Waals surface area contributed by atoms with Crippen LogP contribution in [0.4, 0.5) is 14.5 Å². The fraction of sp³-hybridized carbons (Fsp3) is 0.150. The molecule has 152 valence electrons. The molecule has 0 aliphatic rings. The van der Waals surface area contributed by atoms with Crippen LogP contribution in [-0.2, 0) is 14.8 Å². The number of carbonyl (C=O) groups is 1. The first-order chi connectivity index (χ1) is 13.8.